The molecule has 3 heterocycles. The molecule has 2 amide bonds. The third-order valence-electron chi connectivity index (χ3n) is 5.66. The van der Waals surface area contributed by atoms with Gasteiger partial charge in [0.25, 0.3) is 0 Å². The molecule has 1 aliphatic rings. The van der Waals surface area contributed by atoms with Crippen LogP contribution in [0.1, 0.15) is 30.2 Å². The van der Waals surface area contributed by atoms with E-state index < -0.39 is 0 Å². The maximum Gasteiger partial charge on any atom is 0.227 e. The van der Waals surface area contributed by atoms with Crippen LogP contribution in [0.3, 0.4) is 0 Å². The van der Waals surface area contributed by atoms with E-state index in [2.05, 4.69) is 39.3 Å². The maximum absolute atomic E-state index is 12.8. The summed E-state index contributed by atoms with van der Waals surface area (Å²) in [5, 5.41) is 7.12. The summed E-state index contributed by atoms with van der Waals surface area (Å²) in [6.07, 6.45) is 3.10. The quantitative estimate of drug-likeness (QED) is 0.589. The van der Waals surface area contributed by atoms with Gasteiger partial charge in [0.15, 0.2) is 0 Å². The van der Waals surface area contributed by atoms with Crippen molar-refractivity contribution in [1.29, 1.82) is 0 Å². The molecule has 162 valence electrons. The molecule has 1 aliphatic heterocycles. The number of carbonyl (C=O) groups is 2. The van der Waals surface area contributed by atoms with Gasteiger partial charge >= 0.3 is 0 Å². The lowest BCUT2D eigenvalue weighted by atomic mass is 9.95. The first-order chi connectivity index (χ1) is 14.8. The number of carbonyl (C=O) groups excluding carboxylic acids is 2. The van der Waals surface area contributed by atoms with E-state index in [1.807, 2.05) is 0 Å². The fraction of sp³-hybridized carbons (Fsp3) is 0.364. The van der Waals surface area contributed by atoms with Gasteiger partial charge < -0.3 is 15.5 Å². The highest BCUT2D eigenvalue weighted by molar-refractivity contribution is 7.18. The van der Waals surface area contributed by atoms with Crippen LogP contribution in [0.2, 0.25) is 5.02 Å². The number of fused-ring (bicyclic) bond motifs is 1. The molecule has 0 atom stereocenters. The Bertz CT molecular complexity index is 1150. The zero-order valence-corrected chi connectivity index (χ0v) is 19.2. The fourth-order valence-corrected chi connectivity index (χ4v) is 5.11. The minimum absolute atomic E-state index is 0.0378. The molecule has 0 radical (unpaired) electrons. The SMILES string of the molecule is CC(=O)Nc1ccc(NC(=O)C2CCN(c3ncnc4sc(C)c(C)c34)CC2)c(Cl)c1. The molecular formula is C22H24ClN5O2S. The number of anilines is 3. The van der Waals surface area contributed by atoms with Gasteiger partial charge in [0.05, 0.1) is 16.1 Å². The molecule has 2 aromatic heterocycles. The van der Waals surface area contributed by atoms with Gasteiger partial charge in [0, 0.05) is 36.5 Å². The second-order valence-corrected chi connectivity index (χ2v) is 9.40. The van der Waals surface area contributed by atoms with Crippen molar-refractivity contribution in [2.24, 2.45) is 5.92 Å². The summed E-state index contributed by atoms with van der Waals surface area (Å²) in [4.78, 5) is 37.5. The topological polar surface area (TPSA) is 87.2 Å². The van der Waals surface area contributed by atoms with E-state index >= 15 is 0 Å². The summed E-state index contributed by atoms with van der Waals surface area (Å²) in [5.41, 5.74) is 2.37. The molecule has 31 heavy (non-hydrogen) atoms. The molecule has 0 bridgehead atoms. The van der Waals surface area contributed by atoms with E-state index in [1.165, 1.54) is 17.4 Å². The van der Waals surface area contributed by atoms with Crippen LogP contribution in [0.15, 0.2) is 24.5 Å². The highest BCUT2D eigenvalue weighted by Crippen LogP contribution is 2.36. The van der Waals surface area contributed by atoms with Crippen LogP contribution < -0.4 is 15.5 Å². The number of rotatable bonds is 4. The Morgan fingerprint density at radius 3 is 2.58 bits per heavy atom. The molecule has 0 unspecified atom stereocenters. The Balaban J connectivity index is 1.41. The number of nitrogens with zero attached hydrogens (tertiary/aromatic N) is 3. The van der Waals surface area contributed by atoms with Gasteiger partial charge in [-0.2, -0.15) is 0 Å². The predicted octanol–water partition coefficient (Wildman–Crippen LogP) is 4.78. The van der Waals surface area contributed by atoms with Crippen molar-refractivity contribution in [3.63, 3.8) is 0 Å². The van der Waals surface area contributed by atoms with Crippen molar-refractivity contribution in [3.05, 3.63) is 40.0 Å². The van der Waals surface area contributed by atoms with E-state index in [-0.39, 0.29) is 17.7 Å². The molecule has 4 rings (SSSR count). The number of hydrogen-bond acceptors (Lipinski definition) is 6. The van der Waals surface area contributed by atoms with E-state index in [9.17, 15) is 9.59 Å². The van der Waals surface area contributed by atoms with Crippen molar-refractivity contribution in [2.75, 3.05) is 28.6 Å². The fourth-order valence-electron chi connectivity index (χ4n) is 3.89. The van der Waals surface area contributed by atoms with Crippen molar-refractivity contribution in [3.8, 4) is 0 Å². The van der Waals surface area contributed by atoms with Gasteiger partial charge in [-0.15, -0.1) is 11.3 Å². The molecule has 0 spiro atoms. The molecule has 2 N–H and O–H groups in total. The third kappa shape index (κ3) is 4.50. The van der Waals surface area contributed by atoms with Gasteiger partial charge in [-0.3, -0.25) is 9.59 Å². The Hall–Kier alpha value is -2.71. The van der Waals surface area contributed by atoms with Crippen LogP contribution in [-0.4, -0.2) is 34.9 Å². The summed E-state index contributed by atoms with van der Waals surface area (Å²) in [6.45, 7) is 7.17. The van der Waals surface area contributed by atoms with Crippen LogP contribution in [0.5, 0.6) is 0 Å². The van der Waals surface area contributed by atoms with Crippen LogP contribution in [0.25, 0.3) is 10.2 Å². The normalized spacial score (nSPS) is 14.6. The predicted molar refractivity (Wildman–Crippen MR) is 126 cm³/mol. The smallest absolute Gasteiger partial charge is 0.227 e. The summed E-state index contributed by atoms with van der Waals surface area (Å²) < 4.78 is 0. The highest BCUT2D eigenvalue weighted by atomic mass is 35.5. The minimum Gasteiger partial charge on any atom is -0.356 e. The van der Waals surface area contributed by atoms with Crippen molar-refractivity contribution >= 4 is 62.2 Å². The molecule has 1 fully saturated rings. The van der Waals surface area contributed by atoms with E-state index in [1.54, 1.807) is 35.9 Å². The van der Waals surface area contributed by atoms with Crippen molar-refractivity contribution in [2.45, 2.75) is 33.6 Å². The monoisotopic (exact) mass is 457 g/mol. The second kappa shape index (κ2) is 8.80. The van der Waals surface area contributed by atoms with E-state index in [0.29, 0.717) is 16.4 Å². The number of benzene rings is 1. The number of aryl methyl sites for hydroxylation is 2. The lowest BCUT2D eigenvalue weighted by Crippen LogP contribution is -2.38. The lowest BCUT2D eigenvalue weighted by molar-refractivity contribution is -0.120. The Morgan fingerprint density at radius 2 is 1.90 bits per heavy atom. The van der Waals surface area contributed by atoms with Crippen molar-refractivity contribution in [1.82, 2.24) is 9.97 Å². The van der Waals surface area contributed by atoms with Gasteiger partial charge in [-0.1, -0.05) is 11.6 Å². The summed E-state index contributed by atoms with van der Waals surface area (Å²) in [6, 6.07) is 5.06. The average Bonchev–Trinajstić information content (AvgIpc) is 3.03. The largest absolute Gasteiger partial charge is 0.356 e. The second-order valence-electron chi connectivity index (χ2n) is 7.79. The lowest BCUT2D eigenvalue weighted by Gasteiger charge is -2.32. The highest BCUT2D eigenvalue weighted by Gasteiger charge is 2.27. The van der Waals surface area contributed by atoms with Crippen molar-refractivity contribution < 1.29 is 9.59 Å². The van der Waals surface area contributed by atoms with Crippen LogP contribution in [0, 0.1) is 19.8 Å². The number of amides is 2. The van der Waals surface area contributed by atoms with Gasteiger partial charge in [-0.05, 0) is 50.5 Å². The van der Waals surface area contributed by atoms with Crippen LogP contribution >= 0.6 is 22.9 Å². The number of aromatic nitrogens is 2. The summed E-state index contributed by atoms with van der Waals surface area (Å²) in [5.74, 6) is 0.657. The molecule has 0 aliphatic carbocycles. The number of nitrogens with one attached hydrogen (secondary N) is 2. The number of halogens is 1. The summed E-state index contributed by atoms with van der Waals surface area (Å²) in [7, 11) is 0. The standard InChI is InChI=1S/C22H24ClN5O2S/c1-12-13(2)31-22-19(12)20(24-11-25-22)28-8-6-15(7-9-28)21(30)27-18-5-4-16(10-17(18)23)26-14(3)29/h4-5,10-11,15H,6-9H2,1-3H3,(H,26,29)(H,27,30). The molecule has 1 saturated heterocycles. The Kier molecular flexibility index (Phi) is 6.11. The number of piperidine rings is 1. The summed E-state index contributed by atoms with van der Waals surface area (Å²) >= 11 is 7.98. The average molecular weight is 458 g/mol. The molecule has 7 nitrogen and oxygen atoms in total. The van der Waals surface area contributed by atoms with Gasteiger partial charge in [0.1, 0.15) is 17.0 Å². The van der Waals surface area contributed by atoms with E-state index in [0.717, 1.165) is 42.0 Å². The van der Waals surface area contributed by atoms with E-state index in [4.69, 9.17) is 11.6 Å². The Labute approximate surface area is 189 Å². The third-order valence-corrected chi connectivity index (χ3v) is 7.09. The zero-order chi connectivity index (χ0) is 22.1. The molecule has 9 heteroatoms. The zero-order valence-electron chi connectivity index (χ0n) is 17.7. The minimum atomic E-state index is -0.173. The maximum atomic E-state index is 12.8. The Morgan fingerprint density at radius 1 is 1.16 bits per heavy atom. The van der Waals surface area contributed by atoms with Gasteiger partial charge in [-0.25, -0.2) is 9.97 Å². The first-order valence-corrected chi connectivity index (χ1v) is 11.4. The number of thiophene rings is 1. The number of hydrogen-bond donors (Lipinski definition) is 2. The first kappa shape index (κ1) is 21.5. The molecule has 0 saturated carbocycles. The molecule has 1 aromatic carbocycles. The van der Waals surface area contributed by atoms with Crippen LogP contribution in [0.4, 0.5) is 17.2 Å². The first-order valence-electron chi connectivity index (χ1n) is 10.2. The molecular weight excluding hydrogens is 434 g/mol. The van der Waals surface area contributed by atoms with Crippen LogP contribution in [-0.2, 0) is 9.59 Å². The molecule has 3 aromatic rings. The van der Waals surface area contributed by atoms with Gasteiger partial charge in [0.2, 0.25) is 11.8 Å².